The van der Waals surface area contributed by atoms with Crippen molar-refractivity contribution in [3.05, 3.63) is 102 Å². The van der Waals surface area contributed by atoms with Crippen LogP contribution in [-0.2, 0) is 17.6 Å². The van der Waals surface area contributed by atoms with E-state index in [1.54, 1.807) is 54.6 Å². The van der Waals surface area contributed by atoms with Gasteiger partial charge < -0.3 is 24.6 Å². The number of hydrogen-bond acceptors (Lipinski definition) is 5. The van der Waals surface area contributed by atoms with Crippen molar-refractivity contribution in [2.45, 2.75) is 25.2 Å². The Bertz CT molecular complexity index is 1250. The lowest BCUT2D eigenvalue weighted by molar-refractivity contribution is -0.153. The quantitative estimate of drug-likeness (QED) is 0.306. The van der Waals surface area contributed by atoms with Gasteiger partial charge in [0.15, 0.2) is 6.61 Å². The van der Waals surface area contributed by atoms with Gasteiger partial charge in [-0.25, -0.2) is 0 Å². The number of rotatable bonds is 11. The number of halogens is 3. The van der Waals surface area contributed by atoms with E-state index in [9.17, 15) is 32.3 Å². The highest BCUT2D eigenvalue weighted by molar-refractivity contribution is 7.55. The largest absolute Gasteiger partial charge is 0.487 e. The van der Waals surface area contributed by atoms with Crippen LogP contribution in [0.3, 0.4) is 0 Å². The Morgan fingerprint density at radius 1 is 1.03 bits per heavy atom. The minimum atomic E-state index is -4.45. The van der Waals surface area contributed by atoms with Crippen molar-refractivity contribution >= 4 is 13.5 Å². The first-order chi connectivity index (χ1) is 17.5. The molecule has 2 aromatic carbocycles. The number of carbonyl (C=O) groups is 1. The second-order valence-electron chi connectivity index (χ2n) is 7.90. The van der Waals surface area contributed by atoms with E-state index in [1.165, 1.54) is 24.4 Å². The highest BCUT2D eigenvalue weighted by Gasteiger charge is 2.28. The summed E-state index contributed by atoms with van der Waals surface area (Å²) in [5, 5.41) is 2.75. The van der Waals surface area contributed by atoms with Gasteiger partial charge in [-0.2, -0.15) is 13.2 Å². The molecular weight excluding hydrogens is 512 g/mol. The van der Waals surface area contributed by atoms with Crippen LogP contribution >= 0.6 is 7.60 Å². The van der Waals surface area contributed by atoms with Crippen LogP contribution in [0.2, 0.25) is 0 Å². The van der Waals surface area contributed by atoms with Gasteiger partial charge in [0, 0.05) is 23.6 Å². The van der Waals surface area contributed by atoms with E-state index in [2.05, 4.69) is 10.3 Å². The molecule has 0 saturated carbocycles. The normalized spacial score (nSPS) is 12.8. The molecule has 0 bridgehead atoms. The zero-order valence-electron chi connectivity index (χ0n) is 19.3. The van der Waals surface area contributed by atoms with Gasteiger partial charge in [-0.1, -0.05) is 36.4 Å². The van der Waals surface area contributed by atoms with Crippen LogP contribution in [0.25, 0.3) is 0 Å². The first kappa shape index (κ1) is 27.9. The lowest BCUT2D eigenvalue weighted by Gasteiger charge is -2.16. The number of amides is 1. The first-order valence-electron chi connectivity index (χ1n) is 10.9. The molecule has 1 atom stereocenters. The predicted octanol–water partition coefficient (Wildman–Crippen LogP) is 4.63. The Hall–Kier alpha value is -3.66. The number of ether oxygens (including phenoxy) is 2. The van der Waals surface area contributed by atoms with E-state index in [-0.39, 0.29) is 18.8 Å². The van der Waals surface area contributed by atoms with Crippen LogP contribution in [0.15, 0.2) is 84.8 Å². The molecule has 0 aliphatic carbocycles. The van der Waals surface area contributed by atoms with Gasteiger partial charge >= 0.3 is 13.8 Å². The van der Waals surface area contributed by atoms with Gasteiger partial charge in [0.05, 0.1) is 11.7 Å². The van der Waals surface area contributed by atoms with Crippen LogP contribution in [0.4, 0.5) is 13.2 Å². The van der Waals surface area contributed by atoms with Crippen molar-refractivity contribution in [1.82, 2.24) is 10.3 Å². The average Bonchev–Trinajstić information content (AvgIpc) is 2.85. The summed E-state index contributed by atoms with van der Waals surface area (Å²) in [7, 11) is -4.42. The number of alkyl halides is 3. The number of carbonyl (C=O) groups excluding carboxylic acids is 1. The number of nitrogens with one attached hydrogen (secondary N) is 1. The summed E-state index contributed by atoms with van der Waals surface area (Å²) in [6, 6.07) is 17.1. The standard InChI is InChI=1S/C25H24F3N2O6P/c26-25(27,28)17-36-23-10-12-29-21(15-23)16-35-22-8-6-18(7-9-22)14-20(11-13-37(32,33)34)30-24(31)19-4-2-1-3-5-19/h1-13,15,20H,14,16-17H2,(H,30,31)(H2,32,33,34)/t20-/m0/s1. The van der Waals surface area contributed by atoms with Gasteiger partial charge in [-0.15, -0.1) is 0 Å². The summed E-state index contributed by atoms with van der Waals surface area (Å²) in [6.45, 7) is -1.42. The fourth-order valence-electron chi connectivity index (χ4n) is 3.15. The zero-order chi connectivity index (χ0) is 26.9. The summed E-state index contributed by atoms with van der Waals surface area (Å²) in [4.78, 5) is 35.0. The van der Waals surface area contributed by atoms with Crippen molar-refractivity contribution in [3.8, 4) is 11.5 Å². The van der Waals surface area contributed by atoms with Crippen molar-refractivity contribution in [3.63, 3.8) is 0 Å². The van der Waals surface area contributed by atoms with Crippen LogP contribution in [0.1, 0.15) is 21.6 Å². The summed E-state index contributed by atoms with van der Waals surface area (Å²) >= 11 is 0. The van der Waals surface area contributed by atoms with E-state index in [0.717, 1.165) is 11.4 Å². The minimum Gasteiger partial charge on any atom is -0.487 e. The molecule has 0 fully saturated rings. The van der Waals surface area contributed by atoms with Crippen molar-refractivity contribution in [2.24, 2.45) is 0 Å². The van der Waals surface area contributed by atoms with Gasteiger partial charge in [-0.05, 0) is 42.3 Å². The zero-order valence-corrected chi connectivity index (χ0v) is 20.2. The number of aromatic nitrogens is 1. The Morgan fingerprint density at radius 3 is 2.38 bits per heavy atom. The first-order valence-corrected chi connectivity index (χ1v) is 12.6. The summed E-state index contributed by atoms with van der Waals surface area (Å²) in [5.74, 6) is 0.839. The van der Waals surface area contributed by atoms with E-state index < -0.39 is 32.3 Å². The molecule has 1 heterocycles. The maximum Gasteiger partial charge on any atom is 0.422 e. The van der Waals surface area contributed by atoms with E-state index in [1.807, 2.05) is 0 Å². The highest BCUT2D eigenvalue weighted by Crippen LogP contribution is 2.36. The second-order valence-corrected chi connectivity index (χ2v) is 9.38. The Labute approximate surface area is 210 Å². The van der Waals surface area contributed by atoms with Crippen LogP contribution in [0.5, 0.6) is 11.5 Å². The van der Waals surface area contributed by atoms with E-state index in [0.29, 0.717) is 17.0 Å². The molecular formula is C25H24F3N2O6P. The maximum absolute atomic E-state index is 12.5. The highest BCUT2D eigenvalue weighted by atomic mass is 31.2. The SMILES string of the molecule is O=C(N[C@@H](C=CP(=O)(O)O)Cc1ccc(OCc2cc(OCC(F)(F)F)ccn2)cc1)c1ccccc1. The lowest BCUT2D eigenvalue weighted by Crippen LogP contribution is -2.35. The third kappa shape index (κ3) is 10.5. The summed E-state index contributed by atoms with van der Waals surface area (Å²) in [6.07, 6.45) is -1.62. The smallest absolute Gasteiger partial charge is 0.422 e. The van der Waals surface area contributed by atoms with Crippen molar-refractivity contribution < 1.29 is 41.8 Å². The van der Waals surface area contributed by atoms with Crippen LogP contribution in [-0.4, -0.2) is 39.5 Å². The minimum absolute atomic E-state index is 0.0106. The van der Waals surface area contributed by atoms with Crippen LogP contribution in [0, 0.1) is 0 Å². The fourth-order valence-corrected chi connectivity index (χ4v) is 3.58. The molecule has 0 radical (unpaired) electrons. The lowest BCUT2D eigenvalue weighted by atomic mass is 10.1. The molecule has 8 nitrogen and oxygen atoms in total. The number of pyridine rings is 1. The molecule has 37 heavy (non-hydrogen) atoms. The second kappa shape index (κ2) is 12.5. The molecule has 3 rings (SSSR count). The third-order valence-corrected chi connectivity index (χ3v) is 5.38. The Morgan fingerprint density at radius 2 is 1.73 bits per heavy atom. The molecule has 0 aliphatic rings. The predicted molar refractivity (Wildman–Crippen MR) is 129 cm³/mol. The molecule has 3 N–H and O–H groups in total. The maximum atomic E-state index is 12.5. The monoisotopic (exact) mass is 536 g/mol. The number of nitrogens with zero attached hydrogens (tertiary/aromatic N) is 1. The Kier molecular flexibility index (Phi) is 9.46. The van der Waals surface area contributed by atoms with E-state index in [4.69, 9.17) is 9.47 Å². The van der Waals surface area contributed by atoms with Gasteiger partial charge in [0.2, 0.25) is 0 Å². The van der Waals surface area contributed by atoms with Gasteiger partial charge in [0.1, 0.15) is 18.1 Å². The van der Waals surface area contributed by atoms with Crippen LogP contribution < -0.4 is 14.8 Å². The van der Waals surface area contributed by atoms with Gasteiger partial charge in [0.25, 0.3) is 5.91 Å². The summed E-state index contributed by atoms with van der Waals surface area (Å²) in [5.41, 5.74) is 1.53. The topological polar surface area (TPSA) is 118 Å². The van der Waals surface area contributed by atoms with E-state index >= 15 is 0 Å². The molecule has 1 aromatic heterocycles. The van der Waals surface area contributed by atoms with Crippen molar-refractivity contribution in [2.75, 3.05) is 6.61 Å². The molecule has 3 aromatic rings. The molecule has 1 amide bonds. The molecule has 0 aliphatic heterocycles. The molecule has 0 saturated heterocycles. The molecule has 196 valence electrons. The number of benzene rings is 2. The van der Waals surface area contributed by atoms with Crippen molar-refractivity contribution in [1.29, 1.82) is 0 Å². The fraction of sp³-hybridized carbons (Fsp3) is 0.200. The molecule has 0 spiro atoms. The molecule has 0 unspecified atom stereocenters. The summed E-state index contributed by atoms with van der Waals surface area (Å²) < 4.78 is 58.6. The van der Waals surface area contributed by atoms with Gasteiger partial charge in [-0.3, -0.25) is 14.3 Å². The number of hydrogen-bond donors (Lipinski definition) is 3. The molecule has 12 heteroatoms. The average molecular weight is 536 g/mol. The third-order valence-electron chi connectivity index (χ3n) is 4.82. The Balaban J connectivity index is 1.61.